The first-order valence-electron chi connectivity index (χ1n) is 5.41. The van der Waals surface area contributed by atoms with Gasteiger partial charge in [0.15, 0.2) is 0 Å². The summed E-state index contributed by atoms with van der Waals surface area (Å²) >= 11 is 0. The standard InChI is InChI=1S/C12H12FN3/c13-9-4-1-3-8(7-9)11-12-10(15-16-11)5-2-6-14-12/h1,3-4,7,14H,2,5-6H2,(H,15,16). The minimum absolute atomic E-state index is 0.231. The fourth-order valence-electron chi connectivity index (χ4n) is 2.07. The van der Waals surface area contributed by atoms with E-state index in [0.717, 1.165) is 42.0 Å². The van der Waals surface area contributed by atoms with Crippen LogP contribution in [-0.4, -0.2) is 16.7 Å². The zero-order chi connectivity index (χ0) is 11.0. The van der Waals surface area contributed by atoms with Crippen molar-refractivity contribution in [3.8, 4) is 11.3 Å². The summed E-state index contributed by atoms with van der Waals surface area (Å²) in [6.45, 7) is 0.953. The highest BCUT2D eigenvalue weighted by atomic mass is 19.1. The summed E-state index contributed by atoms with van der Waals surface area (Å²) in [6, 6.07) is 6.52. The third-order valence-corrected chi connectivity index (χ3v) is 2.84. The van der Waals surface area contributed by atoms with Crippen LogP contribution in [0.1, 0.15) is 12.1 Å². The van der Waals surface area contributed by atoms with Crippen LogP contribution in [0.15, 0.2) is 24.3 Å². The predicted octanol–water partition coefficient (Wildman–Crippen LogP) is 2.57. The molecule has 0 saturated heterocycles. The number of nitrogens with one attached hydrogen (secondary N) is 2. The Hall–Kier alpha value is -1.84. The monoisotopic (exact) mass is 217 g/mol. The summed E-state index contributed by atoms with van der Waals surface area (Å²) < 4.78 is 13.1. The Bertz CT molecular complexity index is 519. The van der Waals surface area contributed by atoms with E-state index in [1.165, 1.54) is 12.1 Å². The average molecular weight is 217 g/mol. The van der Waals surface area contributed by atoms with Crippen LogP contribution in [0.3, 0.4) is 0 Å². The van der Waals surface area contributed by atoms with Gasteiger partial charge in [-0.2, -0.15) is 5.10 Å². The van der Waals surface area contributed by atoms with Gasteiger partial charge in [-0.1, -0.05) is 12.1 Å². The van der Waals surface area contributed by atoms with Crippen LogP contribution in [0.25, 0.3) is 11.3 Å². The van der Waals surface area contributed by atoms with Crippen molar-refractivity contribution in [3.05, 3.63) is 35.8 Å². The molecule has 0 aliphatic carbocycles. The van der Waals surface area contributed by atoms with Gasteiger partial charge in [-0.3, -0.25) is 5.10 Å². The molecule has 16 heavy (non-hydrogen) atoms. The lowest BCUT2D eigenvalue weighted by Crippen LogP contribution is -2.10. The maximum absolute atomic E-state index is 13.1. The molecule has 2 aromatic rings. The smallest absolute Gasteiger partial charge is 0.123 e. The van der Waals surface area contributed by atoms with Gasteiger partial charge in [0.1, 0.15) is 11.5 Å². The van der Waals surface area contributed by atoms with Crippen molar-refractivity contribution in [3.63, 3.8) is 0 Å². The average Bonchev–Trinajstić information content (AvgIpc) is 2.72. The molecule has 3 nitrogen and oxygen atoms in total. The van der Waals surface area contributed by atoms with Crippen molar-refractivity contribution in [2.24, 2.45) is 0 Å². The first kappa shape index (κ1) is 9.39. The van der Waals surface area contributed by atoms with Gasteiger partial charge in [0, 0.05) is 12.1 Å². The van der Waals surface area contributed by atoms with E-state index in [2.05, 4.69) is 15.5 Å². The largest absolute Gasteiger partial charge is 0.382 e. The molecule has 1 aliphatic rings. The number of anilines is 1. The van der Waals surface area contributed by atoms with Crippen LogP contribution in [-0.2, 0) is 6.42 Å². The van der Waals surface area contributed by atoms with Crippen LogP contribution < -0.4 is 5.32 Å². The van der Waals surface area contributed by atoms with Gasteiger partial charge in [-0.25, -0.2) is 4.39 Å². The van der Waals surface area contributed by atoms with E-state index in [9.17, 15) is 4.39 Å². The molecule has 1 aliphatic heterocycles. The number of halogens is 1. The zero-order valence-corrected chi connectivity index (χ0v) is 8.76. The number of benzene rings is 1. The second-order valence-corrected chi connectivity index (χ2v) is 3.97. The molecule has 82 valence electrons. The molecule has 1 aromatic carbocycles. The summed E-state index contributed by atoms with van der Waals surface area (Å²) in [5, 5.41) is 10.6. The third-order valence-electron chi connectivity index (χ3n) is 2.84. The Morgan fingerprint density at radius 2 is 2.25 bits per heavy atom. The number of hydrogen-bond donors (Lipinski definition) is 2. The maximum atomic E-state index is 13.1. The summed E-state index contributed by atoms with van der Waals surface area (Å²) in [6.07, 6.45) is 2.11. The highest BCUT2D eigenvalue weighted by Gasteiger charge is 2.17. The number of aromatic amines is 1. The molecule has 1 aromatic heterocycles. The fraction of sp³-hybridized carbons (Fsp3) is 0.250. The first-order chi connectivity index (χ1) is 7.84. The predicted molar refractivity (Wildman–Crippen MR) is 60.8 cm³/mol. The Labute approximate surface area is 92.7 Å². The summed E-state index contributed by atoms with van der Waals surface area (Å²) in [5.41, 5.74) is 3.77. The van der Waals surface area contributed by atoms with Crippen LogP contribution >= 0.6 is 0 Å². The minimum atomic E-state index is -0.231. The Kier molecular flexibility index (Phi) is 2.13. The number of aromatic nitrogens is 2. The van der Waals surface area contributed by atoms with Crippen LogP contribution in [0.5, 0.6) is 0 Å². The molecular weight excluding hydrogens is 205 g/mol. The van der Waals surface area contributed by atoms with Crippen molar-refractivity contribution in [2.45, 2.75) is 12.8 Å². The molecule has 0 spiro atoms. The van der Waals surface area contributed by atoms with Crippen LogP contribution in [0, 0.1) is 5.82 Å². The van der Waals surface area contributed by atoms with Gasteiger partial charge in [0.25, 0.3) is 0 Å². The van der Waals surface area contributed by atoms with E-state index in [4.69, 9.17) is 0 Å². The second kappa shape index (κ2) is 3.63. The lowest BCUT2D eigenvalue weighted by atomic mass is 10.1. The maximum Gasteiger partial charge on any atom is 0.123 e. The molecule has 0 unspecified atom stereocenters. The molecule has 4 heteroatoms. The molecule has 0 atom stereocenters. The molecule has 3 rings (SSSR count). The summed E-state index contributed by atoms with van der Waals surface area (Å²) in [7, 11) is 0. The van der Waals surface area contributed by atoms with Crippen LogP contribution in [0.2, 0.25) is 0 Å². The number of aryl methyl sites for hydroxylation is 1. The fourth-order valence-corrected chi connectivity index (χ4v) is 2.07. The van der Waals surface area contributed by atoms with Crippen LogP contribution in [0.4, 0.5) is 10.1 Å². The van der Waals surface area contributed by atoms with Crippen molar-refractivity contribution >= 4 is 5.69 Å². The second-order valence-electron chi connectivity index (χ2n) is 3.97. The number of rotatable bonds is 1. The van der Waals surface area contributed by atoms with Gasteiger partial charge in [-0.05, 0) is 25.0 Å². The number of fused-ring (bicyclic) bond motifs is 1. The Balaban J connectivity index is 2.09. The van der Waals surface area contributed by atoms with Crippen molar-refractivity contribution < 1.29 is 4.39 Å². The van der Waals surface area contributed by atoms with Crippen molar-refractivity contribution in [1.29, 1.82) is 0 Å². The summed E-state index contributed by atoms with van der Waals surface area (Å²) in [4.78, 5) is 0. The molecule has 0 fully saturated rings. The molecule has 2 N–H and O–H groups in total. The Morgan fingerprint density at radius 1 is 1.31 bits per heavy atom. The highest BCUT2D eigenvalue weighted by molar-refractivity contribution is 5.76. The lowest BCUT2D eigenvalue weighted by molar-refractivity contribution is 0.628. The van der Waals surface area contributed by atoms with Gasteiger partial charge in [0.05, 0.1) is 11.4 Å². The van der Waals surface area contributed by atoms with E-state index >= 15 is 0 Å². The summed E-state index contributed by atoms with van der Waals surface area (Å²) in [5.74, 6) is -0.231. The quantitative estimate of drug-likeness (QED) is 0.770. The van der Waals surface area contributed by atoms with E-state index < -0.39 is 0 Å². The minimum Gasteiger partial charge on any atom is -0.382 e. The van der Waals surface area contributed by atoms with Gasteiger partial charge in [-0.15, -0.1) is 0 Å². The normalized spacial score (nSPS) is 14.3. The highest BCUT2D eigenvalue weighted by Crippen LogP contribution is 2.31. The molecule has 0 bridgehead atoms. The first-order valence-corrected chi connectivity index (χ1v) is 5.41. The molecular formula is C12H12FN3. The van der Waals surface area contributed by atoms with Gasteiger partial charge < -0.3 is 5.32 Å². The third kappa shape index (κ3) is 1.46. The van der Waals surface area contributed by atoms with Gasteiger partial charge >= 0.3 is 0 Å². The number of hydrogen-bond acceptors (Lipinski definition) is 2. The van der Waals surface area contributed by atoms with E-state index in [1.807, 2.05) is 6.07 Å². The molecule has 0 saturated carbocycles. The zero-order valence-electron chi connectivity index (χ0n) is 8.76. The Morgan fingerprint density at radius 3 is 3.12 bits per heavy atom. The molecule has 0 amide bonds. The number of nitrogens with zero attached hydrogens (tertiary/aromatic N) is 1. The van der Waals surface area contributed by atoms with E-state index in [0.29, 0.717) is 0 Å². The van der Waals surface area contributed by atoms with E-state index in [1.54, 1.807) is 6.07 Å². The molecule has 2 heterocycles. The van der Waals surface area contributed by atoms with Crippen molar-refractivity contribution in [2.75, 3.05) is 11.9 Å². The SMILES string of the molecule is Fc1cccc(-c2n[nH]c3c2NCCC3)c1. The van der Waals surface area contributed by atoms with E-state index in [-0.39, 0.29) is 5.82 Å². The molecule has 0 radical (unpaired) electrons. The number of H-pyrrole nitrogens is 1. The van der Waals surface area contributed by atoms with Gasteiger partial charge in [0.2, 0.25) is 0 Å². The van der Waals surface area contributed by atoms with Crippen molar-refractivity contribution in [1.82, 2.24) is 10.2 Å². The lowest BCUT2D eigenvalue weighted by Gasteiger charge is -2.14. The topological polar surface area (TPSA) is 40.7 Å².